The number of likely N-dealkylation sites (tertiary alicyclic amines) is 1. The number of aliphatic hydroxyl groups is 1. The van der Waals surface area contributed by atoms with E-state index in [1.54, 1.807) is 11.0 Å². The smallest absolute Gasteiger partial charge is 0.312 e. The molecule has 8 heteroatoms. The maximum Gasteiger partial charge on any atom is 0.312 e. The van der Waals surface area contributed by atoms with Gasteiger partial charge in [-0.1, -0.05) is 68.7 Å². The molecule has 0 aromatic heterocycles. The molecule has 1 N–H and O–H groups in total. The van der Waals surface area contributed by atoms with Crippen molar-refractivity contribution in [3.63, 3.8) is 0 Å². The number of fused-ring (bicyclic) bond motifs is 1. The second-order valence-electron chi connectivity index (χ2n) is 13.1. The van der Waals surface area contributed by atoms with Crippen LogP contribution in [0.25, 0.3) is 0 Å². The summed E-state index contributed by atoms with van der Waals surface area (Å²) in [7, 11) is 0. The third kappa shape index (κ3) is 5.76. The summed E-state index contributed by atoms with van der Waals surface area (Å²) in [4.78, 5) is 47.0. The van der Waals surface area contributed by atoms with Gasteiger partial charge in [-0.2, -0.15) is 0 Å². The number of rotatable bonds is 15. The van der Waals surface area contributed by atoms with Gasteiger partial charge in [-0.05, 0) is 63.4 Å². The highest BCUT2D eigenvalue weighted by Crippen LogP contribution is 2.65. The molecule has 4 aliphatic rings. The minimum atomic E-state index is -1.16. The fourth-order valence-corrected chi connectivity index (χ4v) is 8.59. The Labute approximate surface area is 262 Å². The predicted octanol–water partition coefficient (Wildman–Crippen LogP) is 4.99. The molecule has 1 aromatic rings. The Kier molecular flexibility index (Phi) is 10.3. The standard InChI is InChI=1S/C36H50N2O6/c1-4-7-8-15-23-43-34(42)30-29-32(40)38(28(25-39)24-26-16-11-9-12-17-26)31(36(29)21-20-35(30,6-3)44-36)33(41)37(22-5-2)27-18-13-10-14-19-27/h4-5,9,11-12,16-17,27-31,39H,1-2,6-8,10,13-15,18-25H2,3H3/t28-,29+,30+,31?,35-,36?/m1/s1. The van der Waals surface area contributed by atoms with Crippen molar-refractivity contribution < 1.29 is 29.0 Å². The van der Waals surface area contributed by atoms with Gasteiger partial charge >= 0.3 is 5.97 Å². The Morgan fingerprint density at radius 2 is 1.89 bits per heavy atom. The number of benzene rings is 1. The van der Waals surface area contributed by atoms with Crippen molar-refractivity contribution in [2.24, 2.45) is 11.8 Å². The van der Waals surface area contributed by atoms with E-state index in [-0.39, 0.29) is 31.1 Å². The van der Waals surface area contributed by atoms with Crippen LogP contribution in [0, 0.1) is 11.8 Å². The quantitative estimate of drug-likeness (QED) is 0.172. The minimum Gasteiger partial charge on any atom is -0.465 e. The normalized spacial score (nSPS) is 30.2. The Morgan fingerprint density at radius 3 is 2.55 bits per heavy atom. The van der Waals surface area contributed by atoms with Gasteiger partial charge in [0.2, 0.25) is 11.8 Å². The summed E-state index contributed by atoms with van der Waals surface area (Å²) in [5, 5.41) is 10.8. The number of nitrogens with zero attached hydrogens (tertiary/aromatic N) is 2. The van der Waals surface area contributed by atoms with Crippen LogP contribution in [-0.2, 0) is 30.3 Å². The van der Waals surface area contributed by atoms with Crippen molar-refractivity contribution in [1.29, 1.82) is 0 Å². The van der Waals surface area contributed by atoms with Gasteiger partial charge in [-0.3, -0.25) is 14.4 Å². The summed E-state index contributed by atoms with van der Waals surface area (Å²) in [5.41, 5.74) is -1.05. The van der Waals surface area contributed by atoms with E-state index in [1.165, 1.54) is 0 Å². The maximum atomic E-state index is 14.9. The van der Waals surface area contributed by atoms with Gasteiger partial charge < -0.3 is 24.4 Å². The molecule has 3 saturated heterocycles. The lowest BCUT2D eigenvalue weighted by atomic mass is 9.65. The van der Waals surface area contributed by atoms with Crippen molar-refractivity contribution in [2.45, 2.75) is 113 Å². The van der Waals surface area contributed by atoms with Crippen LogP contribution in [0.5, 0.6) is 0 Å². The van der Waals surface area contributed by atoms with E-state index in [0.29, 0.717) is 38.6 Å². The molecule has 4 fully saturated rings. The van der Waals surface area contributed by atoms with Crippen molar-refractivity contribution >= 4 is 17.8 Å². The molecule has 44 heavy (non-hydrogen) atoms. The number of esters is 1. The topological polar surface area (TPSA) is 96.4 Å². The van der Waals surface area contributed by atoms with Gasteiger partial charge in [0.05, 0.1) is 30.8 Å². The number of aliphatic hydroxyl groups excluding tert-OH is 1. The molecule has 6 atom stereocenters. The molecule has 3 heterocycles. The maximum absolute atomic E-state index is 14.9. The highest BCUT2D eigenvalue weighted by Gasteiger charge is 2.79. The van der Waals surface area contributed by atoms with Gasteiger partial charge in [0.15, 0.2) is 0 Å². The summed E-state index contributed by atoms with van der Waals surface area (Å²) in [6.45, 7) is 10.0. The molecule has 8 nitrogen and oxygen atoms in total. The molecule has 2 amide bonds. The highest BCUT2D eigenvalue weighted by atomic mass is 16.6. The summed E-state index contributed by atoms with van der Waals surface area (Å²) in [5.74, 6) is -2.51. The summed E-state index contributed by atoms with van der Waals surface area (Å²) < 4.78 is 12.8. The molecule has 1 saturated carbocycles. The Balaban J connectivity index is 1.54. The Morgan fingerprint density at radius 1 is 1.14 bits per heavy atom. The molecule has 0 radical (unpaired) electrons. The van der Waals surface area contributed by atoms with Crippen molar-refractivity contribution in [3.05, 3.63) is 61.2 Å². The van der Waals surface area contributed by atoms with E-state index in [9.17, 15) is 19.5 Å². The SMILES string of the molecule is C=CCCCCOC(=O)[C@@H]1[C@H]2C(=O)N([C@@H](CO)Cc3ccccc3)C(C(=O)N(CC=C)C3CCCCC3)C23CC[C@@]1(CC)O3. The molecular weight excluding hydrogens is 556 g/mol. The van der Waals surface area contributed by atoms with E-state index < -0.39 is 41.1 Å². The third-order valence-corrected chi connectivity index (χ3v) is 10.7. The highest BCUT2D eigenvalue weighted by molar-refractivity contribution is 5.99. The van der Waals surface area contributed by atoms with E-state index in [1.807, 2.05) is 48.2 Å². The predicted molar refractivity (Wildman–Crippen MR) is 168 cm³/mol. The fourth-order valence-electron chi connectivity index (χ4n) is 8.59. The number of unbranched alkanes of at least 4 members (excludes halogenated alkanes) is 2. The van der Waals surface area contributed by atoms with Crippen LogP contribution in [0.3, 0.4) is 0 Å². The largest absolute Gasteiger partial charge is 0.465 e. The van der Waals surface area contributed by atoms with E-state index in [0.717, 1.165) is 50.5 Å². The number of allylic oxidation sites excluding steroid dienone is 1. The van der Waals surface area contributed by atoms with Crippen LogP contribution in [0.4, 0.5) is 0 Å². The molecule has 1 spiro atoms. The lowest BCUT2D eigenvalue weighted by Crippen LogP contribution is -2.60. The zero-order valence-corrected chi connectivity index (χ0v) is 26.3. The van der Waals surface area contributed by atoms with Crippen LogP contribution in [0.15, 0.2) is 55.6 Å². The van der Waals surface area contributed by atoms with Gasteiger partial charge in [0, 0.05) is 12.6 Å². The van der Waals surface area contributed by atoms with Crippen LogP contribution < -0.4 is 0 Å². The van der Waals surface area contributed by atoms with Gasteiger partial charge in [-0.25, -0.2) is 0 Å². The number of ether oxygens (including phenoxy) is 2. The van der Waals surface area contributed by atoms with E-state index in [4.69, 9.17) is 9.47 Å². The zero-order chi connectivity index (χ0) is 31.3. The molecule has 240 valence electrons. The summed E-state index contributed by atoms with van der Waals surface area (Å²) in [6.07, 6.45) is 13.1. The average Bonchev–Trinajstić information content (AvgIpc) is 3.66. The first kappa shape index (κ1) is 32.4. The number of carbonyl (C=O) groups is 3. The summed E-state index contributed by atoms with van der Waals surface area (Å²) >= 11 is 0. The van der Waals surface area contributed by atoms with Gasteiger partial charge in [0.25, 0.3) is 0 Å². The second-order valence-corrected chi connectivity index (χ2v) is 13.1. The van der Waals surface area contributed by atoms with Crippen LogP contribution >= 0.6 is 0 Å². The molecular formula is C36H50N2O6. The number of amides is 2. The molecule has 2 unspecified atom stereocenters. The Hall–Kier alpha value is -2.97. The fraction of sp³-hybridized carbons (Fsp3) is 0.639. The number of hydrogen-bond acceptors (Lipinski definition) is 6. The average molecular weight is 607 g/mol. The van der Waals surface area contributed by atoms with Crippen LogP contribution in [-0.4, -0.2) is 81.8 Å². The number of hydrogen-bond donors (Lipinski definition) is 1. The van der Waals surface area contributed by atoms with Crippen LogP contribution in [0.2, 0.25) is 0 Å². The van der Waals surface area contributed by atoms with Crippen molar-refractivity contribution in [3.8, 4) is 0 Å². The Bertz CT molecular complexity index is 1200. The summed E-state index contributed by atoms with van der Waals surface area (Å²) in [6, 6.07) is 8.17. The molecule has 1 aromatic carbocycles. The van der Waals surface area contributed by atoms with Crippen molar-refractivity contribution in [1.82, 2.24) is 9.80 Å². The molecule has 5 rings (SSSR count). The third-order valence-electron chi connectivity index (χ3n) is 10.7. The van der Waals surface area contributed by atoms with E-state index >= 15 is 0 Å². The molecule has 2 bridgehead atoms. The first-order chi connectivity index (χ1) is 21.4. The van der Waals surface area contributed by atoms with Crippen LogP contribution in [0.1, 0.15) is 83.1 Å². The van der Waals surface area contributed by atoms with E-state index in [2.05, 4.69) is 13.2 Å². The van der Waals surface area contributed by atoms with Crippen molar-refractivity contribution in [2.75, 3.05) is 19.8 Å². The molecule has 1 aliphatic carbocycles. The first-order valence-corrected chi connectivity index (χ1v) is 16.7. The second kappa shape index (κ2) is 14.0. The lowest BCUT2D eigenvalue weighted by Gasteiger charge is -2.42. The van der Waals surface area contributed by atoms with Gasteiger partial charge in [0.1, 0.15) is 17.6 Å². The monoisotopic (exact) mass is 606 g/mol. The molecule has 3 aliphatic heterocycles. The zero-order valence-electron chi connectivity index (χ0n) is 26.3. The lowest BCUT2D eigenvalue weighted by molar-refractivity contribution is -0.164. The van der Waals surface area contributed by atoms with Gasteiger partial charge in [-0.15, -0.1) is 13.2 Å². The first-order valence-electron chi connectivity index (χ1n) is 16.7. The minimum absolute atomic E-state index is 0.0541. The number of carbonyl (C=O) groups excluding carboxylic acids is 3.